The Labute approximate surface area is 141 Å². The fraction of sp³-hybridized carbons (Fsp3) is 0.625. The zero-order chi connectivity index (χ0) is 17.9. The van der Waals surface area contributed by atoms with Crippen LogP contribution in [0.3, 0.4) is 0 Å². The largest absolute Gasteiger partial charge is 0.481 e. The topological polar surface area (TPSA) is 95.7 Å². The lowest BCUT2D eigenvalue weighted by Crippen LogP contribution is -2.45. The van der Waals surface area contributed by atoms with Gasteiger partial charge in [0, 0.05) is 32.4 Å². The highest BCUT2D eigenvalue weighted by atomic mass is 16.4. The van der Waals surface area contributed by atoms with Crippen LogP contribution in [-0.2, 0) is 9.59 Å². The predicted molar refractivity (Wildman–Crippen MR) is 86.5 cm³/mol. The highest BCUT2D eigenvalue weighted by Crippen LogP contribution is 2.17. The summed E-state index contributed by atoms with van der Waals surface area (Å²) in [6.45, 7) is 4.73. The summed E-state index contributed by atoms with van der Waals surface area (Å²) in [4.78, 5) is 38.5. The quantitative estimate of drug-likeness (QED) is 0.860. The van der Waals surface area contributed by atoms with E-state index in [4.69, 9.17) is 5.11 Å². The molecule has 0 aromatic carbocycles. The van der Waals surface area contributed by atoms with Gasteiger partial charge in [0.2, 0.25) is 5.91 Å². The first-order valence-corrected chi connectivity index (χ1v) is 8.10. The van der Waals surface area contributed by atoms with E-state index >= 15 is 0 Å². The molecule has 2 heterocycles. The molecule has 0 atom stereocenters. The van der Waals surface area contributed by atoms with Crippen molar-refractivity contribution in [2.24, 2.45) is 5.92 Å². The second-order valence-corrected chi connectivity index (χ2v) is 6.43. The van der Waals surface area contributed by atoms with Gasteiger partial charge < -0.3 is 14.9 Å². The summed E-state index contributed by atoms with van der Waals surface area (Å²) < 4.78 is 1.69. The van der Waals surface area contributed by atoms with Crippen LogP contribution in [0.1, 0.15) is 43.2 Å². The van der Waals surface area contributed by atoms with E-state index in [1.54, 1.807) is 28.9 Å². The van der Waals surface area contributed by atoms with E-state index in [-0.39, 0.29) is 30.3 Å². The SMILES string of the molecule is CC(C)n1ccc(C(=O)N(C)CC(=O)N2CCC(C(=O)O)CC2)n1. The van der Waals surface area contributed by atoms with Gasteiger partial charge in [-0.25, -0.2) is 0 Å². The maximum Gasteiger partial charge on any atom is 0.306 e. The van der Waals surface area contributed by atoms with E-state index in [1.165, 1.54) is 4.90 Å². The van der Waals surface area contributed by atoms with E-state index in [9.17, 15) is 14.4 Å². The minimum absolute atomic E-state index is 0.0366. The lowest BCUT2D eigenvalue weighted by atomic mass is 9.97. The van der Waals surface area contributed by atoms with Crippen LogP contribution in [0, 0.1) is 5.92 Å². The van der Waals surface area contributed by atoms with Crippen LogP contribution in [0.15, 0.2) is 12.3 Å². The van der Waals surface area contributed by atoms with Crippen molar-refractivity contribution in [3.05, 3.63) is 18.0 Å². The van der Waals surface area contributed by atoms with Gasteiger partial charge in [-0.2, -0.15) is 5.10 Å². The number of hydrogen-bond donors (Lipinski definition) is 1. The summed E-state index contributed by atoms with van der Waals surface area (Å²) in [5, 5.41) is 13.2. The summed E-state index contributed by atoms with van der Waals surface area (Å²) in [6.07, 6.45) is 2.65. The third-order valence-corrected chi connectivity index (χ3v) is 4.27. The number of hydrogen-bond acceptors (Lipinski definition) is 4. The molecule has 1 aromatic heterocycles. The van der Waals surface area contributed by atoms with Crippen molar-refractivity contribution < 1.29 is 19.5 Å². The number of piperidine rings is 1. The normalized spacial score (nSPS) is 15.6. The van der Waals surface area contributed by atoms with E-state index < -0.39 is 5.97 Å². The van der Waals surface area contributed by atoms with E-state index in [2.05, 4.69) is 5.10 Å². The first-order valence-electron chi connectivity index (χ1n) is 8.10. The highest BCUT2D eigenvalue weighted by Gasteiger charge is 2.28. The molecule has 1 N–H and O–H groups in total. The zero-order valence-corrected chi connectivity index (χ0v) is 14.3. The number of nitrogens with zero attached hydrogens (tertiary/aromatic N) is 4. The number of carboxylic acids is 1. The Bertz CT molecular complexity index is 617. The van der Waals surface area contributed by atoms with Crippen molar-refractivity contribution in [2.45, 2.75) is 32.7 Å². The summed E-state index contributed by atoms with van der Waals surface area (Å²) in [6, 6.07) is 1.80. The Morgan fingerprint density at radius 3 is 2.46 bits per heavy atom. The van der Waals surface area contributed by atoms with Crippen LogP contribution >= 0.6 is 0 Å². The molecule has 1 aromatic rings. The Morgan fingerprint density at radius 2 is 1.96 bits per heavy atom. The maximum absolute atomic E-state index is 12.3. The molecule has 1 aliphatic heterocycles. The Morgan fingerprint density at radius 1 is 1.33 bits per heavy atom. The van der Waals surface area contributed by atoms with Gasteiger partial charge in [0.15, 0.2) is 0 Å². The summed E-state index contributed by atoms with van der Waals surface area (Å²) in [5.41, 5.74) is 0.309. The number of likely N-dealkylation sites (tertiary alicyclic amines) is 1. The zero-order valence-electron chi connectivity index (χ0n) is 14.3. The maximum atomic E-state index is 12.3. The lowest BCUT2D eigenvalue weighted by molar-refractivity contribution is -0.145. The molecule has 0 spiro atoms. The second kappa shape index (κ2) is 7.46. The average Bonchev–Trinajstić information content (AvgIpc) is 3.04. The lowest BCUT2D eigenvalue weighted by Gasteiger charge is -2.31. The molecule has 2 rings (SSSR count). The molecule has 2 amide bonds. The van der Waals surface area contributed by atoms with Crippen LogP contribution in [0.25, 0.3) is 0 Å². The van der Waals surface area contributed by atoms with E-state index in [1.807, 2.05) is 13.8 Å². The van der Waals surface area contributed by atoms with Crippen molar-refractivity contribution >= 4 is 17.8 Å². The Balaban J connectivity index is 1.89. The molecule has 0 bridgehead atoms. The van der Waals surface area contributed by atoms with Crippen molar-refractivity contribution in [2.75, 3.05) is 26.7 Å². The van der Waals surface area contributed by atoms with Gasteiger partial charge in [0.05, 0.1) is 12.5 Å². The van der Waals surface area contributed by atoms with Crippen LogP contribution in [0.4, 0.5) is 0 Å². The summed E-state index contributed by atoms with van der Waals surface area (Å²) in [5.74, 6) is -1.66. The molecule has 1 aliphatic rings. The fourth-order valence-corrected chi connectivity index (χ4v) is 2.69. The van der Waals surface area contributed by atoms with Gasteiger partial charge in [-0.3, -0.25) is 19.1 Å². The van der Waals surface area contributed by atoms with Crippen molar-refractivity contribution in [1.29, 1.82) is 0 Å². The number of aromatic nitrogens is 2. The van der Waals surface area contributed by atoms with Crippen LogP contribution in [-0.4, -0.2) is 69.2 Å². The van der Waals surface area contributed by atoms with Crippen molar-refractivity contribution in [3.8, 4) is 0 Å². The number of likely N-dealkylation sites (N-methyl/N-ethyl adjacent to an activating group) is 1. The molecule has 8 nitrogen and oxygen atoms in total. The van der Waals surface area contributed by atoms with Gasteiger partial charge in [0.25, 0.3) is 5.91 Å². The summed E-state index contributed by atoms with van der Waals surface area (Å²) >= 11 is 0. The van der Waals surface area contributed by atoms with Crippen LogP contribution < -0.4 is 0 Å². The molecule has 1 fully saturated rings. The number of amides is 2. The minimum atomic E-state index is -0.810. The Hall–Kier alpha value is -2.38. The average molecular weight is 336 g/mol. The van der Waals surface area contributed by atoms with E-state index in [0.717, 1.165) is 0 Å². The first kappa shape index (κ1) is 18.0. The van der Waals surface area contributed by atoms with E-state index in [0.29, 0.717) is 31.6 Å². The van der Waals surface area contributed by atoms with Gasteiger partial charge in [-0.05, 0) is 32.8 Å². The molecule has 132 valence electrons. The standard InChI is InChI=1S/C16H24N4O4/c1-11(2)20-9-6-13(17-20)15(22)18(3)10-14(21)19-7-4-12(5-8-19)16(23)24/h6,9,11-12H,4-5,7-8,10H2,1-3H3,(H,23,24). The third kappa shape index (κ3) is 4.12. The van der Waals surface area contributed by atoms with Gasteiger partial charge >= 0.3 is 5.97 Å². The third-order valence-electron chi connectivity index (χ3n) is 4.27. The number of aliphatic carboxylic acids is 1. The molecule has 0 saturated carbocycles. The molecule has 0 unspecified atom stereocenters. The van der Waals surface area contributed by atoms with Crippen molar-refractivity contribution in [1.82, 2.24) is 19.6 Å². The Kier molecular flexibility index (Phi) is 5.58. The monoisotopic (exact) mass is 336 g/mol. The highest BCUT2D eigenvalue weighted by molar-refractivity contribution is 5.94. The molecule has 0 aliphatic carbocycles. The number of carbonyl (C=O) groups is 3. The molecule has 8 heteroatoms. The van der Waals surface area contributed by atoms with Gasteiger partial charge in [-0.15, -0.1) is 0 Å². The summed E-state index contributed by atoms with van der Waals surface area (Å²) in [7, 11) is 1.57. The molecule has 0 radical (unpaired) electrons. The van der Waals surface area contributed by atoms with Gasteiger partial charge in [0.1, 0.15) is 5.69 Å². The first-order chi connectivity index (χ1) is 11.3. The number of carboxylic acid groups (broad SMARTS) is 1. The second-order valence-electron chi connectivity index (χ2n) is 6.43. The molecular formula is C16H24N4O4. The smallest absolute Gasteiger partial charge is 0.306 e. The van der Waals surface area contributed by atoms with Crippen LogP contribution in [0.5, 0.6) is 0 Å². The number of carbonyl (C=O) groups excluding carboxylic acids is 2. The molecule has 1 saturated heterocycles. The van der Waals surface area contributed by atoms with Crippen LogP contribution in [0.2, 0.25) is 0 Å². The number of rotatable bonds is 5. The minimum Gasteiger partial charge on any atom is -0.481 e. The van der Waals surface area contributed by atoms with Crippen molar-refractivity contribution in [3.63, 3.8) is 0 Å². The molecule has 24 heavy (non-hydrogen) atoms. The fourth-order valence-electron chi connectivity index (χ4n) is 2.69. The van der Waals surface area contributed by atoms with Gasteiger partial charge in [-0.1, -0.05) is 0 Å². The molecular weight excluding hydrogens is 312 g/mol. The predicted octanol–water partition coefficient (Wildman–Crippen LogP) is 0.859.